The molecule has 214 valence electrons. The van der Waals surface area contributed by atoms with Crippen LogP contribution in [0.25, 0.3) is 0 Å². The highest BCUT2D eigenvalue weighted by Crippen LogP contribution is 2.42. The van der Waals surface area contributed by atoms with Crippen molar-refractivity contribution in [1.82, 2.24) is 15.0 Å². The van der Waals surface area contributed by atoms with Crippen LogP contribution in [-0.2, 0) is 13.9 Å². The molecule has 1 amide bonds. The minimum absolute atomic E-state index is 0.222. The molecule has 0 aliphatic carbocycles. The number of carbonyl (C=O) groups excluding carboxylic acids is 1. The first kappa shape index (κ1) is 18.2. The first-order chi connectivity index (χ1) is 22.9. The third-order valence-electron chi connectivity index (χ3n) is 4.84. The van der Waals surface area contributed by atoms with E-state index in [1.807, 2.05) is 0 Å². The van der Waals surface area contributed by atoms with E-state index in [-0.39, 0.29) is 28.9 Å². The Morgan fingerprint density at radius 1 is 1.18 bits per heavy atom. The van der Waals surface area contributed by atoms with Gasteiger partial charge in [0.15, 0.2) is 40.3 Å². The third kappa shape index (κ3) is 6.15. The van der Waals surface area contributed by atoms with E-state index in [4.69, 9.17) is 32.7 Å². The van der Waals surface area contributed by atoms with Crippen molar-refractivity contribution in [2.75, 3.05) is 43.5 Å². The van der Waals surface area contributed by atoms with Crippen LogP contribution in [0.15, 0.2) is 30.4 Å². The highest BCUT2D eigenvalue weighted by atomic mass is 31.2. The predicted molar refractivity (Wildman–Crippen MR) is 139 cm³/mol. The van der Waals surface area contributed by atoms with Crippen molar-refractivity contribution in [3.05, 3.63) is 36.2 Å². The number of methoxy groups -OCH3 is 3. The maximum Gasteiger partial charge on any atom is 0.471 e. The second-order valence-electron chi connectivity index (χ2n) is 7.51. The molecule has 4 N–H and O–H groups in total. The van der Waals surface area contributed by atoms with Gasteiger partial charge in [0.05, 0.1) is 33.0 Å². The second kappa shape index (κ2) is 11.1. The van der Waals surface area contributed by atoms with Crippen LogP contribution in [0.3, 0.4) is 0 Å². The maximum atomic E-state index is 15.0. The van der Waals surface area contributed by atoms with Crippen LogP contribution < -0.4 is 34.5 Å². The highest BCUT2D eigenvalue weighted by Gasteiger charge is 2.42. The van der Waals surface area contributed by atoms with Gasteiger partial charge in [-0.2, -0.15) is 4.98 Å². The van der Waals surface area contributed by atoms with E-state index < -0.39 is 85.7 Å². The van der Waals surface area contributed by atoms with Gasteiger partial charge in [0.25, 0.3) is 5.91 Å². The fourth-order valence-corrected chi connectivity index (χ4v) is 3.37. The number of hydrogen-bond acceptors (Lipinski definition) is 12. The quantitative estimate of drug-likeness (QED) is 0.252. The lowest BCUT2D eigenvalue weighted by Crippen LogP contribution is -2.53. The Kier molecular flexibility index (Phi) is 5.04. The Bertz CT molecular complexity index is 1840. The molecule has 4 rings (SSSR count). The SMILES string of the molecule is [2H]c1c(Nc2nc(Nc3cc(OC)c(OC)c(OC)c3)ncc2F)nc2c(c1[2H])OC(C([2H])([2H])[2H])(C([2H])([2H])[2H])C(=O)N2C([2H])([2H])OP(=O)(O)O. The van der Waals surface area contributed by atoms with E-state index in [9.17, 15) is 23.5 Å². The molecule has 3 aromatic rings. The summed E-state index contributed by atoms with van der Waals surface area (Å²) in [5.74, 6) is -7.22. The van der Waals surface area contributed by atoms with Crippen LogP contribution in [0.2, 0.25) is 0 Å². The molecule has 0 fully saturated rings. The number of phosphoric acid groups is 1. The number of ether oxygens (including phenoxy) is 4. The van der Waals surface area contributed by atoms with Gasteiger partial charge in [0, 0.05) is 26.0 Å². The average Bonchev–Trinajstić information content (AvgIpc) is 2.97. The van der Waals surface area contributed by atoms with Gasteiger partial charge in [-0.3, -0.25) is 14.2 Å². The Morgan fingerprint density at radius 2 is 1.88 bits per heavy atom. The molecule has 0 spiro atoms. The van der Waals surface area contributed by atoms with Crippen molar-refractivity contribution in [3.63, 3.8) is 0 Å². The summed E-state index contributed by atoms with van der Waals surface area (Å²) in [5, 5.41) is 5.01. The number of aromatic nitrogens is 3. The van der Waals surface area contributed by atoms with Gasteiger partial charge in [-0.25, -0.2) is 18.9 Å². The molecule has 1 aliphatic rings. The number of nitrogens with one attached hydrogen (secondary N) is 2. The molecule has 40 heavy (non-hydrogen) atoms. The minimum atomic E-state index is -5.87. The van der Waals surface area contributed by atoms with Crippen molar-refractivity contribution in [2.24, 2.45) is 0 Å². The molecule has 0 unspecified atom stereocenters. The predicted octanol–water partition coefficient (Wildman–Crippen LogP) is 3.09. The Labute approximate surface area is 241 Å². The summed E-state index contributed by atoms with van der Waals surface area (Å²) in [4.78, 5) is 43.5. The van der Waals surface area contributed by atoms with Gasteiger partial charge >= 0.3 is 7.82 Å². The third-order valence-corrected chi connectivity index (χ3v) is 5.16. The van der Waals surface area contributed by atoms with E-state index in [2.05, 4.69) is 30.1 Å². The smallest absolute Gasteiger partial charge is 0.471 e. The van der Waals surface area contributed by atoms with Crippen LogP contribution in [0.4, 0.5) is 33.5 Å². The lowest BCUT2D eigenvalue weighted by Gasteiger charge is -2.37. The fraction of sp³-hybridized carbons (Fsp3) is 0.304. The topological polar surface area (TPSA) is 187 Å². The molecule has 1 aliphatic heterocycles. The molecule has 0 saturated heterocycles. The number of rotatable bonds is 10. The summed E-state index contributed by atoms with van der Waals surface area (Å²) in [6.07, 6.45) is 0.672. The normalized spacial score (nSPS) is 18.9. The molecule has 1 aromatic carbocycles. The number of amides is 1. The van der Waals surface area contributed by atoms with E-state index in [0.29, 0.717) is 6.20 Å². The number of nitrogens with zero attached hydrogens (tertiary/aromatic N) is 4. The maximum absolute atomic E-state index is 15.0. The van der Waals surface area contributed by atoms with Crippen molar-refractivity contribution < 1.29 is 60.7 Å². The summed E-state index contributed by atoms with van der Waals surface area (Å²) in [6.45, 7) is -12.0. The number of fused-ring (bicyclic) bond motifs is 1. The van der Waals surface area contributed by atoms with Crippen LogP contribution in [0.1, 0.15) is 27.4 Å². The molecule has 0 bridgehead atoms. The molecule has 17 heteroatoms. The van der Waals surface area contributed by atoms with Gasteiger partial charge in [-0.05, 0) is 25.8 Å². The van der Waals surface area contributed by atoms with E-state index in [1.54, 1.807) is 0 Å². The number of carbonyl (C=O) groups is 1. The number of pyridine rings is 1. The Balaban J connectivity index is 1.87. The average molecular weight is 591 g/mol. The van der Waals surface area contributed by atoms with Crippen LogP contribution in [0.5, 0.6) is 23.0 Å². The summed E-state index contributed by atoms with van der Waals surface area (Å²) < 4.78 is 132. The van der Waals surface area contributed by atoms with E-state index in [1.165, 1.54) is 33.5 Å². The van der Waals surface area contributed by atoms with E-state index in [0.717, 1.165) is 0 Å². The Morgan fingerprint density at radius 3 is 2.48 bits per heavy atom. The number of phosphoric ester groups is 1. The van der Waals surface area contributed by atoms with Gasteiger partial charge in [-0.1, -0.05) is 0 Å². The van der Waals surface area contributed by atoms with Gasteiger partial charge in [-0.15, -0.1) is 0 Å². The molecule has 0 atom stereocenters. The van der Waals surface area contributed by atoms with Gasteiger partial charge in [0.1, 0.15) is 12.5 Å². The number of anilines is 5. The zero-order valence-corrected chi connectivity index (χ0v) is 21.5. The number of benzene rings is 1. The first-order valence-corrected chi connectivity index (χ1v) is 12.1. The minimum Gasteiger partial charge on any atom is -0.493 e. The first-order valence-electron chi connectivity index (χ1n) is 15.6. The molecule has 15 nitrogen and oxygen atoms in total. The van der Waals surface area contributed by atoms with Crippen molar-refractivity contribution in [3.8, 4) is 23.0 Å². The summed E-state index contributed by atoms with van der Waals surface area (Å²) in [7, 11) is -1.78. The van der Waals surface area contributed by atoms with Crippen LogP contribution in [-0.4, -0.2) is 64.3 Å². The van der Waals surface area contributed by atoms with Crippen LogP contribution in [0, 0.1) is 5.82 Å². The van der Waals surface area contributed by atoms with Crippen molar-refractivity contribution in [1.29, 1.82) is 0 Å². The fourth-order valence-electron chi connectivity index (χ4n) is 3.18. The summed E-state index contributed by atoms with van der Waals surface area (Å²) >= 11 is 0. The van der Waals surface area contributed by atoms with Gasteiger partial charge < -0.3 is 39.4 Å². The van der Waals surface area contributed by atoms with Gasteiger partial charge in [0.2, 0.25) is 11.7 Å². The monoisotopic (exact) mass is 590 g/mol. The lowest BCUT2D eigenvalue weighted by atomic mass is 10.1. The molecule has 0 saturated carbocycles. The lowest BCUT2D eigenvalue weighted by molar-refractivity contribution is -0.133. The Hall–Kier alpha value is -4.24. The van der Waals surface area contributed by atoms with Crippen molar-refractivity contribution >= 4 is 42.8 Å². The van der Waals surface area contributed by atoms with Crippen molar-refractivity contribution in [2.45, 2.75) is 19.3 Å². The summed E-state index contributed by atoms with van der Waals surface area (Å²) in [5.41, 5.74) is -3.74. The second-order valence-corrected chi connectivity index (χ2v) is 8.68. The largest absolute Gasteiger partial charge is 0.493 e. The summed E-state index contributed by atoms with van der Waals surface area (Å²) in [6, 6.07) is 0.651. The number of hydrogen-bond donors (Lipinski definition) is 4. The molecule has 0 radical (unpaired) electrons. The number of halogens is 1. The van der Waals surface area contributed by atoms with E-state index >= 15 is 0 Å². The standard InChI is InChI=1S/C23H26FN6O9P/c1-23(2)21(31)30(11-38-40(32,33)34)20-14(39-23)6-7-17(28-20)27-19-13(24)10-25-22(29-19)26-12-8-15(35-3)18(37-5)16(9-12)36-4/h6-10H,11H2,1-5H3,(H2,32,33,34)(H2,25,26,27,28,29)/i1D3,2D3,6D,7D,11D2. The zero-order chi connectivity index (χ0) is 37.8. The molecular weight excluding hydrogens is 554 g/mol. The molecule has 3 heterocycles. The zero-order valence-electron chi connectivity index (χ0n) is 30.6. The molecular formula is C23H26FN6O9P. The van der Waals surface area contributed by atoms with Crippen LogP contribution >= 0.6 is 7.82 Å². The molecule has 2 aromatic heterocycles. The highest BCUT2D eigenvalue weighted by molar-refractivity contribution is 7.46.